The Balaban J connectivity index is 2.24. The fourth-order valence-electron chi connectivity index (χ4n) is 2.71. The van der Waals surface area contributed by atoms with E-state index < -0.39 is 5.97 Å². The molecule has 0 N–H and O–H groups in total. The van der Waals surface area contributed by atoms with Gasteiger partial charge in [-0.25, -0.2) is 4.79 Å². The summed E-state index contributed by atoms with van der Waals surface area (Å²) in [5.41, 5.74) is 2.50. The minimum atomic E-state index is -0.399. The summed E-state index contributed by atoms with van der Waals surface area (Å²) in [6, 6.07) is 17.8. The molecule has 0 bridgehead atoms. The van der Waals surface area contributed by atoms with Crippen LogP contribution < -0.4 is 4.74 Å². The molecule has 0 unspecified atom stereocenters. The molecule has 2 aromatic carbocycles. The van der Waals surface area contributed by atoms with E-state index in [9.17, 15) is 4.79 Å². The fourth-order valence-corrected chi connectivity index (χ4v) is 2.71. The van der Waals surface area contributed by atoms with E-state index in [0.29, 0.717) is 18.0 Å². The van der Waals surface area contributed by atoms with Crippen molar-refractivity contribution in [1.29, 1.82) is 0 Å². The molecule has 0 radical (unpaired) electrons. The second-order valence-electron chi connectivity index (χ2n) is 4.96. The van der Waals surface area contributed by atoms with Gasteiger partial charge in [0.25, 0.3) is 0 Å². The van der Waals surface area contributed by atoms with E-state index in [1.54, 1.807) is 7.11 Å². The monoisotopic (exact) mass is 295 g/mol. The van der Waals surface area contributed by atoms with E-state index in [4.69, 9.17) is 9.47 Å². The van der Waals surface area contributed by atoms with Gasteiger partial charge in [0.2, 0.25) is 0 Å². The van der Waals surface area contributed by atoms with Gasteiger partial charge >= 0.3 is 5.97 Å². The highest BCUT2D eigenvalue weighted by molar-refractivity contribution is 6.01. The van der Waals surface area contributed by atoms with Gasteiger partial charge in [-0.1, -0.05) is 42.5 Å². The number of carbonyl (C=O) groups is 1. The van der Waals surface area contributed by atoms with E-state index in [0.717, 1.165) is 16.5 Å². The zero-order valence-corrected chi connectivity index (χ0v) is 12.6. The lowest BCUT2D eigenvalue weighted by molar-refractivity contribution is 0.0585. The SMILES string of the molecule is COC(=O)c1c(OC)c2ccccc2n1Cc1ccccc1. The van der Waals surface area contributed by atoms with E-state index in [-0.39, 0.29) is 0 Å². The Labute approximate surface area is 128 Å². The van der Waals surface area contributed by atoms with Crippen LogP contribution in [0.5, 0.6) is 5.75 Å². The molecule has 0 aliphatic rings. The van der Waals surface area contributed by atoms with Crippen molar-refractivity contribution in [3.05, 3.63) is 65.9 Å². The Morgan fingerprint density at radius 3 is 2.36 bits per heavy atom. The lowest BCUT2D eigenvalue weighted by Crippen LogP contribution is -2.12. The average Bonchev–Trinajstić information content (AvgIpc) is 2.89. The maximum atomic E-state index is 12.3. The number of rotatable bonds is 4. The number of aromatic nitrogens is 1. The van der Waals surface area contributed by atoms with E-state index in [1.165, 1.54) is 7.11 Å². The van der Waals surface area contributed by atoms with Crippen molar-refractivity contribution < 1.29 is 14.3 Å². The number of ether oxygens (including phenoxy) is 2. The van der Waals surface area contributed by atoms with E-state index >= 15 is 0 Å². The van der Waals surface area contributed by atoms with Crippen molar-refractivity contribution in [3.63, 3.8) is 0 Å². The first-order chi connectivity index (χ1) is 10.8. The Morgan fingerprint density at radius 1 is 1.00 bits per heavy atom. The number of nitrogens with zero attached hydrogens (tertiary/aromatic N) is 1. The number of carbonyl (C=O) groups excluding carboxylic acids is 1. The van der Waals surface area contributed by atoms with Crippen LogP contribution in [0.15, 0.2) is 54.6 Å². The van der Waals surface area contributed by atoms with Gasteiger partial charge in [0.1, 0.15) is 0 Å². The van der Waals surface area contributed by atoms with Gasteiger partial charge in [0.05, 0.1) is 19.7 Å². The van der Waals surface area contributed by atoms with Crippen LogP contribution >= 0.6 is 0 Å². The summed E-state index contributed by atoms with van der Waals surface area (Å²) in [5, 5.41) is 0.904. The molecule has 0 fully saturated rings. The van der Waals surface area contributed by atoms with Crippen LogP contribution in [0, 0.1) is 0 Å². The second-order valence-corrected chi connectivity index (χ2v) is 4.96. The highest BCUT2D eigenvalue weighted by atomic mass is 16.5. The van der Waals surface area contributed by atoms with Crippen molar-refractivity contribution in [2.24, 2.45) is 0 Å². The van der Waals surface area contributed by atoms with Crippen LogP contribution in [-0.4, -0.2) is 24.8 Å². The van der Waals surface area contributed by atoms with Crippen LogP contribution in [0.25, 0.3) is 10.9 Å². The van der Waals surface area contributed by atoms with Gasteiger partial charge in [-0.15, -0.1) is 0 Å². The topological polar surface area (TPSA) is 40.5 Å². The molecule has 0 saturated carbocycles. The summed E-state index contributed by atoms with van der Waals surface area (Å²) in [6.07, 6.45) is 0. The predicted octanol–water partition coefficient (Wildman–Crippen LogP) is 3.48. The fraction of sp³-hybridized carbons (Fsp3) is 0.167. The van der Waals surface area contributed by atoms with Gasteiger partial charge in [-0.3, -0.25) is 0 Å². The first-order valence-corrected chi connectivity index (χ1v) is 7.03. The Bertz CT molecular complexity index is 806. The summed E-state index contributed by atoms with van der Waals surface area (Å²) >= 11 is 0. The Hall–Kier alpha value is -2.75. The highest BCUT2D eigenvalue weighted by Gasteiger charge is 2.24. The molecule has 3 rings (SSSR count). The molecule has 0 aliphatic carbocycles. The van der Waals surface area contributed by atoms with Crippen LogP contribution in [-0.2, 0) is 11.3 Å². The highest BCUT2D eigenvalue weighted by Crippen LogP contribution is 2.34. The lowest BCUT2D eigenvalue weighted by Gasteiger charge is -2.10. The molecule has 3 aromatic rings. The van der Waals surface area contributed by atoms with Crippen LogP contribution in [0.2, 0.25) is 0 Å². The van der Waals surface area contributed by atoms with Crippen LogP contribution in [0.1, 0.15) is 16.1 Å². The molecule has 0 atom stereocenters. The second kappa shape index (κ2) is 5.93. The van der Waals surface area contributed by atoms with Crippen molar-refractivity contribution >= 4 is 16.9 Å². The van der Waals surface area contributed by atoms with Crippen molar-refractivity contribution in [2.45, 2.75) is 6.54 Å². The maximum Gasteiger partial charge on any atom is 0.358 e. The minimum Gasteiger partial charge on any atom is -0.494 e. The van der Waals surface area contributed by atoms with Gasteiger partial charge in [-0.05, 0) is 17.7 Å². The quantitative estimate of drug-likeness (QED) is 0.692. The third-order valence-electron chi connectivity index (χ3n) is 3.69. The first kappa shape index (κ1) is 14.2. The lowest BCUT2D eigenvalue weighted by atomic mass is 10.2. The number of para-hydroxylation sites is 1. The summed E-state index contributed by atoms with van der Waals surface area (Å²) in [5.74, 6) is 0.155. The standard InChI is InChI=1S/C18H17NO3/c1-21-17-14-10-6-7-11-15(14)19(16(17)18(20)22-2)12-13-8-4-3-5-9-13/h3-11H,12H2,1-2H3. The molecule has 4 nitrogen and oxygen atoms in total. The summed E-state index contributed by atoms with van der Waals surface area (Å²) in [6.45, 7) is 0.579. The average molecular weight is 295 g/mol. The molecule has 0 aliphatic heterocycles. The zero-order valence-electron chi connectivity index (χ0n) is 12.6. The minimum absolute atomic E-state index is 0.399. The number of methoxy groups -OCH3 is 2. The molecule has 0 spiro atoms. The van der Waals surface area contributed by atoms with E-state index in [1.807, 2.05) is 59.2 Å². The van der Waals surface area contributed by atoms with Crippen molar-refractivity contribution in [1.82, 2.24) is 4.57 Å². The Morgan fingerprint density at radius 2 is 1.68 bits per heavy atom. The summed E-state index contributed by atoms with van der Waals surface area (Å²) < 4.78 is 12.4. The van der Waals surface area contributed by atoms with Gasteiger partial charge < -0.3 is 14.0 Å². The first-order valence-electron chi connectivity index (χ1n) is 7.03. The molecular formula is C18H17NO3. The Kier molecular flexibility index (Phi) is 3.83. The predicted molar refractivity (Wildman–Crippen MR) is 85.4 cm³/mol. The van der Waals surface area contributed by atoms with Crippen molar-refractivity contribution in [3.8, 4) is 5.75 Å². The number of esters is 1. The normalized spacial score (nSPS) is 10.6. The number of hydrogen-bond donors (Lipinski definition) is 0. The largest absolute Gasteiger partial charge is 0.494 e. The molecule has 112 valence electrons. The molecular weight excluding hydrogens is 278 g/mol. The smallest absolute Gasteiger partial charge is 0.358 e. The van der Waals surface area contributed by atoms with Crippen molar-refractivity contribution in [2.75, 3.05) is 14.2 Å². The van der Waals surface area contributed by atoms with Crippen LogP contribution in [0.4, 0.5) is 0 Å². The third-order valence-corrected chi connectivity index (χ3v) is 3.69. The molecule has 0 saturated heterocycles. The molecule has 22 heavy (non-hydrogen) atoms. The molecule has 4 heteroatoms. The number of fused-ring (bicyclic) bond motifs is 1. The molecule has 1 aromatic heterocycles. The molecule has 0 amide bonds. The van der Waals surface area contributed by atoms with Crippen LogP contribution in [0.3, 0.4) is 0 Å². The molecule has 1 heterocycles. The zero-order chi connectivity index (χ0) is 15.5. The van der Waals surface area contributed by atoms with E-state index in [2.05, 4.69) is 0 Å². The summed E-state index contributed by atoms with van der Waals surface area (Å²) in [4.78, 5) is 12.3. The van der Waals surface area contributed by atoms with Gasteiger partial charge in [0.15, 0.2) is 11.4 Å². The maximum absolute atomic E-state index is 12.3. The van der Waals surface area contributed by atoms with Gasteiger partial charge in [-0.2, -0.15) is 0 Å². The number of benzene rings is 2. The summed E-state index contributed by atoms with van der Waals surface area (Å²) in [7, 11) is 2.95. The number of hydrogen-bond acceptors (Lipinski definition) is 3. The third kappa shape index (κ3) is 2.33. The van der Waals surface area contributed by atoms with Gasteiger partial charge in [0, 0.05) is 11.9 Å².